The van der Waals surface area contributed by atoms with Crippen molar-refractivity contribution in [3.8, 4) is 5.75 Å². The second-order valence-electron chi connectivity index (χ2n) is 6.85. The number of likely N-dealkylation sites (tertiary alicyclic amines) is 1. The monoisotopic (exact) mass is 275 g/mol. The van der Waals surface area contributed by atoms with Crippen molar-refractivity contribution in [3.63, 3.8) is 0 Å². The van der Waals surface area contributed by atoms with E-state index in [1.807, 2.05) is 30.3 Å². The van der Waals surface area contributed by atoms with Crippen LogP contribution in [0.5, 0.6) is 5.75 Å². The van der Waals surface area contributed by atoms with Gasteiger partial charge >= 0.3 is 5.97 Å². The van der Waals surface area contributed by atoms with Crippen LogP contribution in [0.1, 0.15) is 47.0 Å². The number of carbonyl (C=O) groups excluding carboxylic acids is 1. The van der Waals surface area contributed by atoms with E-state index < -0.39 is 0 Å². The molecule has 0 unspecified atom stereocenters. The van der Waals surface area contributed by atoms with E-state index in [0.29, 0.717) is 12.3 Å². The Balaban J connectivity index is 2.05. The summed E-state index contributed by atoms with van der Waals surface area (Å²) in [6.07, 6.45) is 3.45. The third kappa shape index (κ3) is 3.40. The van der Waals surface area contributed by atoms with Gasteiger partial charge in [-0.05, 0) is 59.1 Å². The van der Waals surface area contributed by atoms with Crippen LogP contribution in [0.2, 0.25) is 0 Å². The Labute approximate surface area is 121 Å². The summed E-state index contributed by atoms with van der Waals surface area (Å²) in [6.45, 7) is 9.19. The minimum atomic E-state index is -0.181. The normalized spacial score (nSPS) is 21.4. The summed E-state index contributed by atoms with van der Waals surface area (Å²) in [5.41, 5.74) is 0.0783. The Morgan fingerprint density at radius 2 is 1.65 bits per heavy atom. The van der Waals surface area contributed by atoms with Crippen LogP contribution in [0.3, 0.4) is 0 Å². The Bertz CT molecular complexity index is 449. The Morgan fingerprint density at radius 1 is 1.10 bits per heavy atom. The molecule has 0 aromatic heterocycles. The molecule has 1 saturated heterocycles. The van der Waals surface area contributed by atoms with E-state index in [1.54, 1.807) is 0 Å². The molecule has 20 heavy (non-hydrogen) atoms. The number of para-hydroxylation sites is 1. The SMILES string of the molecule is CC1(C)CCCC(C)(C)N1CC(=O)Oc1ccccc1. The molecule has 0 saturated carbocycles. The van der Waals surface area contributed by atoms with E-state index in [4.69, 9.17) is 4.74 Å². The average molecular weight is 275 g/mol. The number of hydrogen-bond acceptors (Lipinski definition) is 3. The topological polar surface area (TPSA) is 29.5 Å². The van der Waals surface area contributed by atoms with Crippen molar-refractivity contribution in [2.75, 3.05) is 6.54 Å². The maximum atomic E-state index is 12.2. The third-order valence-electron chi connectivity index (χ3n) is 4.30. The molecule has 0 bridgehead atoms. The van der Waals surface area contributed by atoms with Gasteiger partial charge in [0.15, 0.2) is 0 Å². The number of piperidine rings is 1. The highest BCUT2D eigenvalue weighted by Crippen LogP contribution is 2.37. The van der Waals surface area contributed by atoms with Crippen LogP contribution >= 0.6 is 0 Å². The Morgan fingerprint density at radius 3 is 2.20 bits per heavy atom. The highest BCUT2D eigenvalue weighted by Gasteiger charge is 2.42. The smallest absolute Gasteiger partial charge is 0.325 e. The van der Waals surface area contributed by atoms with Crippen molar-refractivity contribution >= 4 is 5.97 Å². The van der Waals surface area contributed by atoms with Crippen molar-refractivity contribution in [2.45, 2.75) is 58.0 Å². The molecule has 3 heteroatoms. The molecule has 0 spiro atoms. The third-order valence-corrected chi connectivity index (χ3v) is 4.30. The first-order chi connectivity index (χ1) is 9.31. The molecule has 1 aromatic carbocycles. The second kappa shape index (κ2) is 5.57. The fraction of sp³-hybridized carbons (Fsp3) is 0.588. The average Bonchev–Trinajstić information content (AvgIpc) is 2.35. The van der Waals surface area contributed by atoms with Crippen molar-refractivity contribution in [1.29, 1.82) is 0 Å². The van der Waals surface area contributed by atoms with E-state index in [-0.39, 0.29) is 17.0 Å². The van der Waals surface area contributed by atoms with Crippen molar-refractivity contribution in [1.82, 2.24) is 4.90 Å². The fourth-order valence-electron chi connectivity index (χ4n) is 3.25. The number of nitrogens with zero attached hydrogens (tertiary/aromatic N) is 1. The Kier molecular flexibility index (Phi) is 4.19. The summed E-state index contributed by atoms with van der Waals surface area (Å²) in [7, 11) is 0. The molecule has 1 aliphatic rings. The van der Waals surface area contributed by atoms with Crippen molar-refractivity contribution in [2.24, 2.45) is 0 Å². The summed E-state index contributed by atoms with van der Waals surface area (Å²) >= 11 is 0. The van der Waals surface area contributed by atoms with Crippen molar-refractivity contribution < 1.29 is 9.53 Å². The lowest BCUT2D eigenvalue weighted by Gasteiger charge is -2.52. The van der Waals surface area contributed by atoms with Crippen LogP contribution in [0.25, 0.3) is 0 Å². The summed E-state index contributed by atoms with van der Waals surface area (Å²) in [5, 5.41) is 0. The molecule has 0 aliphatic carbocycles. The van der Waals surface area contributed by atoms with Gasteiger partial charge in [-0.25, -0.2) is 0 Å². The highest BCUT2D eigenvalue weighted by molar-refractivity contribution is 5.74. The van der Waals surface area contributed by atoms with E-state index in [2.05, 4.69) is 32.6 Å². The number of hydrogen-bond donors (Lipinski definition) is 0. The zero-order chi connectivity index (χ0) is 14.8. The molecule has 1 aliphatic heterocycles. The maximum absolute atomic E-state index is 12.2. The predicted molar refractivity (Wildman–Crippen MR) is 80.8 cm³/mol. The van der Waals surface area contributed by atoms with Gasteiger partial charge in [0.05, 0.1) is 6.54 Å². The van der Waals surface area contributed by atoms with E-state index >= 15 is 0 Å². The van der Waals surface area contributed by atoms with Crippen LogP contribution < -0.4 is 4.74 Å². The minimum Gasteiger partial charge on any atom is -0.426 e. The molecule has 1 aromatic rings. The van der Waals surface area contributed by atoms with Crippen molar-refractivity contribution in [3.05, 3.63) is 30.3 Å². The number of rotatable bonds is 3. The van der Waals surface area contributed by atoms with Gasteiger partial charge < -0.3 is 4.74 Å². The molecule has 2 rings (SSSR count). The molecule has 110 valence electrons. The minimum absolute atomic E-state index is 0.0391. The first kappa shape index (κ1) is 15.0. The van der Waals surface area contributed by atoms with E-state index in [0.717, 1.165) is 12.8 Å². The number of esters is 1. The Hall–Kier alpha value is -1.35. The van der Waals surface area contributed by atoms with Gasteiger partial charge in [0.1, 0.15) is 5.75 Å². The molecular formula is C17H25NO2. The summed E-state index contributed by atoms with van der Waals surface area (Å²) in [4.78, 5) is 14.5. The first-order valence-corrected chi connectivity index (χ1v) is 7.35. The molecule has 1 fully saturated rings. The summed E-state index contributed by atoms with van der Waals surface area (Å²) < 4.78 is 5.42. The lowest BCUT2D eigenvalue weighted by molar-refractivity contribution is -0.141. The standard InChI is InChI=1S/C17H25NO2/c1-16(2)11-8-12-17(3,4)18(16)13-15(19)20-14-9-6-5-7-10-14/h5-7,9-10H,8,11-13H2,1-4H3. The summed E-state index contributed by atoms with van der Waals surface area (Å²) in [6, 6.07) is 9.28. The number of carbonyl (C=O) groups is 1. The number of benzene rings is 1. The molecule has 0 amide bonds. The summed E-state index contributed by atoms with van der Waals surface area (Å²) in [5.74, 6) is 0.435. The van der Waals surface area contributed by atoms with Crippen LogP contribution in [0.4, 0.5) is 0 Å². The van der Waals surface area contributed by atoms with Gasteiger partial charge in [0, 0.05) is 11.1 Å². The van der Waals surface area contributed by atoms with Crippen LogP contribution in [0, 0.1) is 0 Å². The predicted octanol–water partition coefficient (Wildman–Crippen LogP) is 3.64. The molecule has 0 radical (unpaired) electrons. The molecular weight excluding hydrogens is 250 g/mol. The lowest BCUT2D eigenvalue weighted by atomic mass is 9.80. The van der Waals surface area contributed by atoms with Gasteiger partial charge in [-0.3, -0.25) is 9.69 Å². The van der Waals surface area contributed by atoms with Crippen LogP contribution in [0.15, 0.2) is 30.3 Å². The van der Waals surface area contributed by atoms with Gasteiger partial charge in [-0.1, -0.05) is 18.2 Å². The quantitative estimate of drug-likeness (QED) is 0.623. The second-order valence-corrected chi connectivity index (χ2v) is 6.85. The van der Waals surface area contributed by atoms with Crippen LogP contribution in [-0.2, 0) is 4.79 Å². The molecule has 3 nitrogen and oxygen atoms in total. The number of ether oxygens (including phenoxy) is 1. The zero-order valence-electron chi connectivity index (χ0n) is 13.0. The van der Waals surface area contributed by atoms with Gasteiger partial charge in [-0.2, -0.15) is 0 Å². The van der Waals surface area contributed by atoms with Gasteiger partial charge in [0.25, 0.3) is 0 Å². The molecule has 0 atom stereocenters. The molecule has 1 heterocycles. The first-order valence-electron chi connectivity index (χ1n) is 7.35. The lowest BCUT2D eigenvalue weighted by Crippen LogP contribution is -2.60. The van der Waals surface area contributed by atoms with Gasteiger partial charge in [-0.15, -0.1) is 0 Å². The fourth-order valence-corrected chi connectivity index (χ4v) is 3.25. The largest absolute Gasteiger partial charge is 0.426 e. The van der Waals surface area contributed by atoms with E-state index in [1.165, 1.54) is 6.42 Å². The molecule has 0 N–H and O–H groups in total. The highest BCUT2D eigenvalue weighted by atomic mass is 16.5. The van der Waals surface area contributed by atoms with Gasteiger partial charge in [0.2, 0.25) is 0 Å². The maximum Gasteiger partial charge on any atom is 0.325 e. The zero-order valence-corrected chi connectivity index (χ0v) is 13.0. The van der Waals surface area contributed by atoms with Crippen LogP contribution in [-0.4, -0.2) is 28.5 Å². The van der Waals surface area contributed by atoms with E-state index in [9.17, 15) is 4.79 Å².